The lowest BCUT2D eigenvalue weighted by molar-refractivity contribution is -0.125. The van der Waals surface area contributed by atoms with E-state index in [1.54, 1.807) is 6.20 Å². The zero-order valence-electron chi connectivity index (χ0n) is 19.1. The van der Waals surface area contributed by atoms with E-state index in [0.29, 0.717) is 5.95 Å². The number of hydrogen-bond acceptors (Lipinski definition) is 8. The van der Waals surface area contributed by atoms with Crippen LogP contribution in [0.5, 0.6) is 0 Å². The number of hydrogen-bond donors (Lipinski definition) is 1. The van der Waals surface area contributed by atoms with Gasteiger partial charge in [-0.25, -0.2) is 9.97 Å². The van der Waals surface area contributed by atoms with E-state index in [2.05, 4.69) is 49.2 Å². The number of rotatable bonds is 5. The van der Waals surface area contributed by atoms with Crippen LogP contribution in [0.25, 0.3) is 16.6 Å². The molecule has 3 saturated heterocycles. The lowest BCUT2D eigenvalue weighted by Crippen LogP contribution is -2.51. The van der Waals surface area contributed by atoms with E-state index in [1.165, 1.54) is 0 Å². The van der Waals surface area contributed by atoms with Crippen molar-refractivity contribution in [3.05, 3.63) is 36.2 Å². The second kappa shape index (κ2) is 7.78. The molecule has 0 saturated carbocycles. The fraction of sp³-hybridized carbons (Fsp3) is 0.500. The predicted octanol–water partition coefficient (Wildman–Crippen LogP) is 2.19. The Kier molecular flexibility index (Phi) is 4.84. The first-order chi connectivity index (χ1) is 16.0. The molecule has 0 bridgehead atoms. The average molecular weight is 448 g/mol. The SMILES string of the molecule is CN1C=C(c2ccc3cnc(NC(=O)C4CCN(CC5(C)COC5)CC4)nc3c2)N2CC2=N1. The standard InChI is InChI=1S/C24H29N7O2/c1-24(14-33-15-24)13-30-7-5-16(6-8-30)22(32)27-23-25-10-18-4-3-17(9-19(18)26-23)20-11-29(2)28-21-12-31(20)21/h3-4,9-11,16H,5-8,12-15H2,1-2H3,(H,25,26,27,32). The van der Waals surface area contributed by atoms with E-state index in [9.17, 15) is 4.79 Å². The average Bonchev–Trinajstić information content (AvgIpc) is 3.57. The summed E-state index contributed by atoms with van der Waals surface area (Å²) in [6.45, 7) is 7.77. The molecule has 9 nitrogen and oxygen atoms in total. The molecule has 0 atom stereocenters. The Hall–Kier alpha value is -3.04. The summed E-state index contributed by atoms with van der Waals surface area (Å²) >= 11 is 0. The molecule has 172 valence electrons. The normalized spacial score (nSPS) is 22.4. The molecule has 33 heavy (non-hydrogen) atoms. The minimum Gasteiger partial charge on any atom is -0.380 e. The van der Waals surface area contributed by atoms with Crippen molar-refractivity contribution in [3.8, 4) is 0 Å². The van der Waals surface area contributed by atoms with Crippen molar-refractivity contribution in [2.45, 2.75) is 19.8 Å². The van der Waals surface area contributed by atoms with Crippen LogP contribution in [0.3, 0.4) is 0 Å². The van der Waals surface area contributed by atoms with Crippen LogP contribution in [-0.4, -0.2) is 83.0 Å². The molecule has 5 heterocycles. The molecule has 2 aromatic rings. The maximum absolute atomic E-state index is 12.9. The Morgan fingerprint density at radius 1 is 1.27 bits per heavy atom. The Balaban J connectivity index is 1.11. The minimum atomic E-state index is 0.000587. The Bertz CT molecular complexity index is 1160. The zero-order chi connectivity index (χ0) is 22.6. The number of nitrogens with one attached hydrogen (secondary N) is 1. The molecule has 1 N–H and O–H groups in total. The number of ether oxygens (including phenoxy) is 1. The number of aromatic nitrogens is 2. The van der Waals surface area contributed by atoms with Gasteiger partial charge in [0.15, 0.2) is 0 Å². The monoisotopic (exact) mass is 447 g/mol. The van der Waals surface area contributed by atoms with Gasteiger partial charge in [-0.1, -0.05) is 19.1 Å². The molecule has 0 spiro atoms. The van der Waals surface area contributed by atoms with Gasteiger partial charge in [0.05, 0.1) is 31.0 Å². The van der Waals surface area contributed by atoms with Gasteiger partial charge in [-0.15, -0.1) is 0 Å². The van der Waals surface area contributed by atoms with Gasteiger partial charge in [0.25, 0.3) is 0 Å². The van der Waals surface area contributed by atoms with Crippen molar-refractivity contribution in [2.24, 2.45) is 16.4 Å². The zero-order valence-corrected chi connectivity index (χ0v) is 19.1. The second-order valence-electron chi connectivity index (χ2n) is 10.0. The van der Waals surface area contributed by atoms with Crippen molar-refractivity contribution in [2.75, 3.05) is 51.8 Å². The Morgan fingerprint density at radius 2 is 2.09 bits per heavy atom. The van der Waals surface area contributed by atoms with Crippen molar-refractivity contribution in [1.29, 1.82) is 0 Å². The number of likely N-dealkylation sites (tertiary alicyclic amines) is 1. The first-order valence-electron chi connectivity index (χ1n) is 11.6. The van der Waals surface area contributed by atoms with Crippen LogP contribution in [0, 0.1) is 11.3 Å². The van der Waals surface area contributed by atoms with Gasteiger partial charge in [0.1, 0.15) is 5.84 Å². The molecule has 1 aromatic heterocycles. The van der Waals surface area contributed by atoms with Crippen molar-refractivity contribution < 1.29 is 9.53 Å². The molecule has 3 fully saturated rings. The minimum absolute atomic E-state index is 0.000587. The van der Waals surface area contributed by atoms with Gasteiger partial charge in [0.2, 0.25) is 11.9 Å². The number of nitrogens with zero attached hydrogens (tertiary/aromatic N) is 6. The highest BCUT2D eigenvalue weighted by Gasteiger charge is 2.37. The highest BCUT2D eigenvalue weighted by molar-refractivity contribution is 6.06. The third-order valence-corrected chi connectivity index (χ3v) is 6.96. The third kappa shape index (κ3) is 4.06. The Labute approximate surface area is 193 Å². The van der Waals surface area contributed by atoms with Crippen LogP contribution in [-0.2, 0) is 9.53 Å². The first-order valence-corrected chi connectivity index (χ1v) is 11.6. The fourth-order valence-corrected chi connectivity index (χ4v) is 4.99. The molecule has 1 amide bonds. The van der Waals surface area contributed by atoms with E-state index >= 15 is 0 Å². The predicted molar refractivity (Wildman–Crippen MR) is 126 cm³/mol. The molecule has 1 aromatic carbocycles. The van der Waals surface area contributed by atoms with Gasteiger partial charge < -0.3 is 14.5 Å². The van der Waals surface area contributed by atoms with Crippen molar-refractivity contribution in [1.82, 2.24) is 24.8 Å². The summed E-state index contributed by atoms with van der Waals surface area (Å²) in [4.78, 5) is 26.6. The molecule has 6 rings (SSSR count). The summed E-state index contributed by atoms with van der Waals surface area (Å²) in [5, 5.41) is 10.2. The quantitative estimate of drug-likeness (QED) is 0.703. The molecule has 4 aliphatic rings. The smallest absolute Gasteiger partial charge is 0.229 e. The molecule has 4 aliphatic heterocycles. The number of fused-ring (bicyclic) bond motifs is 2. The maximum atomic E-state index is 12.9. The lowest BCUT2D eigenvalue weighted by Gasteiger charge is -2.43. The number of amidine groups is 1. The van der Waals surface area contributed by atoms with Gasteiger partial charge in [-0.3, -0.25) is 15.1 Å². The summed E-state index contributed by atoms with van der Waals surface area (Å²) in [6, 6.07) is 6.15. The van der Waals surface area contributed by atoms with Gasteiger partial charge in [-0.05, 0) is 32.0 Å². The second-order valence-corrected chi connectivity index (χ2v) is 10.0. The molecule has 9 heteroatoms. The third-order valence-electron chi connectivity index (χ3n) is 6.96. The van der Waals surface area contributed by atoms with Crippen LogP contribution in [0.15, 0.2) is 35.7 Å². The van der Waals surface area contributed by atoms with Crippen molar-refractivity contribution >= 4 is 34.3 Å². The molecule has 0 unspecified atom stereocenters. The van der Waals surface area contributed by atoms with E-state index in [1.807, 2.05) is 24.3 Å². The number of piperidine rings is 1. The number of carbonyl (C=O) groups is 1. The van der Waals surface area contributed by atoms with Crippen LogP contribution in [0.4, 0.5) is 5.95 Å². The van der Waals surface area contributed by atoms with Gasteiger partial charge in [-0.2, -0.15) is 5.10 Å². The summed E-state index contributed by atoms with van der Waals surface area (Å²) in [5.74, 6) is 1.47. The number of hydrazone groups is 1. The van der Waals surface area contributed by atoms with E-state index in [0.717, 1.165) is 80.2 Å². The largest absolute Gasteiger partial charge is 0.380 e. The number of amides is 1. The summed E-state index contributed by atoms with van der Waals surface area (Å²) in [6.07, 6.45) is 5.52. The highest BCUT2D eigenvalue weighted by Crippen LogP contribution is 2.33. The Morgan fingerprint density at radius 3 is 2.85 bits per heavy atom. The number of anilines is 1. The van der Waals surface area contributed by atoms with Gasteiger partial charge >= 0.3 is 0 Å². The summed E-state index contributed by atoms with van der Waals surface area (Å²) < 4.78 is 5.37. The molecular formula is C24H29N7O2. The number of benzene rings is 1. The van der Waals surface area contributed by atoms with E-state index < -0.39 is 0 Å². The van der Waals surface area contributed by atoms with E-state index in [4.69, 9.17) is 4.74 Å². The first kappa shape index (κ1) is 20.6. The molecule has 0 radical (unpaired) electrons. The highest BCUT2D eigenvalue weighted by atomic mass is 16.5. The van der Waals surface area contributed by atoms with Crippen LogP contribution in [0.1, 0.15) is 25.3 Å². The summed E-state index contributed by atoms with van der Waals surface area (Å²) in [7, 11) is 1.94. The fourth-order valence-electron chi connectivity index (χ4n) is 4.99. The maximum Gasteiger partial charge on any atom is 0.229 e. The van der Waals surface area contributed by atoms with E-state index in [-0.39, 0.29) is 17.2 Å². The van der Waals surface area contributed by atoms with Gasteiger partial charge in [0, 0.05) is 48.3 Å². The molecule has 0 aliphatic carbocycles. The lowest BCUT2D eigenvalue weighted by atomic mass is 9.86. The van der Waals surface area contributed by atoms with Crippen LogP contribution in [0.2, 0.25) is 0 Å². The van der Waals surface area contributed by atoms with Crippen LogP contribution >= 0.6 is 0 Å². The van der Waals surface area contributed by atoms with Crippen molar-refractivity contribution in [3.63, 3.8) is 0 Å². The topological polar surface area (TPSA) is 86.0 Å². The van der Waals surface area contributed by atoms with Crippen LogP contribution < -0.4 is 5.32 Å². The summed E-state index contributed by atoms with van der Waals surface area (Å²) in [5.41, 5.74) is 3.29. The molecular weight excluding hydrogens is 418 g/mol. The number of carbonyl (C=O) groups excluding carboxylic acids is 1.